The smallest absolute Gasteiger partial charge is 0.222 e. The van der Waals surface area contributed by atoms with Gasteiger partial charge in [0.05, 0.1) is 0 Å². The lowest BCUT2D eigenvalue weighted by Gasteiger charge is -2.35. The minimum atomic E-state index is 0.279. The average Bonchev–Trinajstić information content (AvgIpc) is 3.12. The van der Waals surface area contributed by atoms with Gasteiger partial charge in [-0.15, -0.1) is 0 Å². The van der Waals surface area contributed by atoms with Crippen LogP contribution in [0.5, 0.6) is 0 Å². The van der Waals surface area contributed by atoms with Crippen LogP contribution in [-0.2, 0) is 24.2 Å². The molecule has 128 valence electrons. The van der Waals surface area contributed by atoms with Crippen molar-refractivity contribution in [1.82, 2.24) is 19.7 Å². The Morgan fingerprint density at radius 3 is 2.92 bits per heavy atom. The van der Waals surface area contributed by atoms with Gasteiger partial charge in [0.1, 0.15) is 12.7 Å². The van der Waals surface area contributed by atoms with Crippen LogP contribution >= 0.6 is 0 Å². The summed E-state index contributed by atoms with van der Waals surface area (Å²) in [6.45, 7) is 3.75. The molecule has 24 heavy (non-hydrogen) atoms. The molecule has 1 aliphatic carbocycles. The van der Waals surface area contributed by atoms with Gasteiger partial charge >= 0.3 is 0 Å². The van der Waals surface area contributed by atoms with Crippen molar-refractivity contribution >= 4 is 5.91 Å². The Kier molecular flexibility index (Phi) is 5.62. The van der Waals surface area contributed by atoms with E-state index in [-0.39, 0.29) is 5.91 Å². The molecule has 5 heteroatoms. The van der Waals surface area contributed by atoms with Crippen molar-refractivity contribution in [3.63, 3.8) is 0 Å². The van der Waals surface area contributed by atoms with Gasteiger partial charge in [0, 0.05) is 25.6 Å². The van der Waals surface area contributed by atoms with Gasteiger partial charge in [0.25, 0.3) is 0 Å². The molecule has 0 aliphatic heterocycles. The number of aromatic nitrogens is 3. The van der Waals surface area contributed by atoms with Crippen molar-refractivity contribution in [2.75, 3.05) is 6.54 Å². The zero-order chi connectivity index (χ0) is 16.8. The van der Waals surface area contributed by atoms with E-state index in [0.29, 0.717) is 12.5 Å². The standard InChI is InChI=1S/C19H26N4O/c1-2-11-23(19(24)8-5-12-22-15-20-14-21-22)18-10-9-16-6-3-4-7-17(16)13-18/h3-4,6-7,14-15,18H,2,5,8-13H2,1H3/t18-/m1/s1. The van der Waals surface area contributed by atoms with Crippen LogP contribution < -0.4 is 0 Å². The Bertz CT molecular complexity index is 653. The molecule has 1 atom stereocenters. The van der Waals surface area contributed by atoms with Crippen molar-refractivity contribution < 1.29 is 4.79 Å². The van der Waals surface area contributed by atoms with Crippen LogP contribution in [-0.4, -0.2) is 38.2 Å². The van der Waals surface area contributed by atoms with Crippen molar-refractivity contribution in [3.8, 4) is 0 Å². The van der Waals surface area contributed by atoms with Gasteiger partial charge in [-0.2, -0.15) is 5.10 Å². The van der Waals surface area contributed by atoms with Gasteiger partial charge in [0.2, 0.25) is 5.91 Å². The Hall–Kier alpha value is -2.17. The lowest BCUT2D eigenvalue weighted by Crippen LogP contribution is -2.43. The molecule has 2 aromatic rings. The number of hydrogen-bond donors (Lipinski definition) is 0. The summed E-state index contributed by atoms with van der Waals surface area (Å²) in [5, 5.41) is 4.09. The van der Waals surface area contributed by atoms with Crippen LogP contribution in [0.15, 0.2) is 36.9 Å². The van der Waals surface area contributed by atoms with Crippen LogP contribution in [0.4, 0.5) is 0 Å². The maximum absolute atomic E-state index is 12.8. The SMILES string of the molecule is CCCN(C(=O)CCCn1cncn1)[C@@H]1CCc2ccccc2C1. The van der Waals surface area contributed by atoms with E-state index < -0.39 is 0 Å². The quantitative estimate of drug-likeness (QED) is 0.786. The highest BCUT2D eigenvalue weighted by molar-refractivity contribution is 5.76. The van der Waals surface area contributed by atoms with E-state index >= 15 is 0 Å². The number of benzene rings is 1. The number of amides is 1. The molecule has 0 unspecified atom stereocenters. The monoisotopic (exact) mass is 326 g/mol. The van der Waals surface area contributed by atoms with Crippen molar-refractivity contribution in [2.24, 2.45) is 0 Å². The number of carbonyl (C=O) groups excluding carboxylic acids is 1. The topological polar surface area (TPSA) is 51.0 Å². The lowest BCUT2D eigenvalue weighted by atomic mass is 9.87. The number of fused-ring (bicyclic) bond motifs is 1. The first-order chi connectivity index (χ1) is 11.8. The van der Waals surface area contributed by atoms with E-state index in [4.69, 9.17) is 0 Å². The van der Waals surface area contributed by atoms with E-state index in [0.717, 1.165) is 45.2 Å². The number of aryl methyl sites for hydroxylation is 2. The van der Waals surface area contributed by atoms with Crippen LogP contribution in [0.2, 0.25) is 0 Å². The Balaban J connectivity index is 1.58. The summed E-state index contributed by atoms with van der Waals surface area (Å²) in [7, 11) is 0. The third-order valence-electron chi connectivity index (χ3n) is 4.79. The third-order valence-corrected chi connectivity index (χ3v) is 4.79. The maximum atomic E-state index is 12.8. The van der Waals surface area contributed by atoms with Crippen molar-refractivity contribution in [2.45, 2.75) is 58.0 Å². The Morgan fingerprint density at radius 2 is 2.17 bits per heavy atom. The molecule has 1 aromatic heterocycles. The summed E-state index contributed by atoms with van der Waals surface area (Å²) in [6, 6.07) is 8.98. The highest BCUT2D eigenvalue weighted by Gasteiger charge is 2.26. The second kappa shape index (κ2) is 8.08. The maximum Gasteiger partial charge on any atom is 0.222 e. The Labute approximate surface area is 143 Å². The molecule has 1 heterocycles. The van der Waals surface area contributed by atoms with Gasteiger partial charge in [0.15, 0.2) is 0 Å². The molecule has 0 saturated carbocycles. The molecule has 0 radical (unpaired) electrons. The largest absolute Gasteiger partial charge is 0.339 e. The van der Waals surface area contributed by atoms with E-state index in [2.05, 4.69) is 46.2 Å². The van der Waals surface area contributed by atoms with Gasteiger partial charge in [-0.05, 0) is 43.2 Å². The van der Waals surface area contributed by atoms with Crippen LogP contribution in [0, 0.1) is 0 Å². The fraction of sp³-hybridized carbons (Fsp3) is 0.526. The van der Waals surface area contributed by atoms with Crippen molar-refractivity contribution in [3.05, 3.63) is 48.0 Å². The normalized spacial score (nSPS) is 16.6. The highest BCUT2D eigenvalue weighted by Crippen LogP contribution is 2.25. The van der Waals surface area contributed by atoms with E-state index in [1.165, 1.54) is 17.5 Å². The molecular weight excluding hydrogens is 300 g/mol. The first kappa shape index (κ1) is 16.7. The molecule has 0 bridgehead atoms. The highest BCUT2D eigenvalue weighted by atomic mass is 16.2. The van der Waals surface area contributed by atoms with Gasteiger partial charge in [-0.1, -0.05) is 31.2 Å². The minimum absolute atomic E-state index is 0.279. The minimum Gasteiger partial charge on any atom is -0.339 e. The third kappa shape index (κ3) is 4.02. The molecule has 0 fully saturated rings. The zero-order valence-electron chi connectivity index (χ0n) is 14.4. The molecule has 0 N–H and O–H groups in total. The first-order valence-corrected chi connectivity index (χ1v) is 8.96. The molecule has 3 rings (SSSR count). The first-order valence-electron chi connectivity index (χ1n) is 8.96. The van der Waals surface area contributed by atoms with Crippen LogP contribution in [0.1, 0.15) is 43.7 Å². The second-order valence-corrected chi connectivity index (χ2v) is 6.51. The fourth-order valence-electron chi connectivity index (χ4n) is 3.58. The summed E-state index contributed by atoms with van der Waals surface area (Å²) in [4.78, 5) is 18.8. The second-order valence-electron chi connectivity index (χ2n) is 6.51. The molecule has 0 spiro atoms. The molecule has 1 amide bonds. The number of rotatable bonds is 7. The summed E-state index contributed by atoms with van der Waals surface area (Å²) in [5.41, 5.74) is 2.86. The van der Waals surface area contributed by atoms with Crippen LogP contribution in [0.25, 0.3) is 0 Å². The van der Waals surface area contributed by atoms with Gasteiger partial charge in [-0.25, -0.2) is 4.98 Å². The summed E-state index contributed by atoms with van der Waals surface area (Å²) in [5.74, 6) is 0.279. The summed E-state index contributed by atoms with van der Waals surface area (Å²) in [6.07, 6.45) is 8.78. The van der Waals surface area contributed by atoms with E-state index in [9.17, 15) is 4.79 Å². The molecule has 1 aromatic carbocycles. The molecular formula is C19H26N4O. The fourth-order valence-corrected chi connectivity index (χ4v) is 3.58. The predicted octanol–water partition coefficient (Wildman–Crippen LogP) is 2.85. The Morgan fingerprint density at radius 1 is 1.33 bits per heavy atom. The van der Waals surface area contributed by atoms with Crippen molar-refractivity contribution in [1.29, 1.82) is 0 Å². The molecule has 1 aliphatic rings. The summed E-state index contributed by atoms with van der Waals surface area (Å²) < 4.78 is 1.79. The van der Waals surface area contributed by atoms with E-state index in [1.807, 2.05) is 0 Å². The average molecular weight is 326 g/mol. The lowest BCUT2D eigenvalue weighted by molar-refractivity contribution is -0.134. The van der Waals surface area contributed by atoms with Crippen LogP contribution in [0.3, 0.4) is 0 Å². The number of nitrogens with zero attached hydrogens (tertiary/aromatic N) is 4. The van der Waals surface area contributed by atoms with Gasteiger partial charge < -0.3 is 4.90 Å². The van der Waals surface area contributed by atoms with Gasteiger partial charge in [-0.3, -0.25) is 9.48 Å². The van der Waals surface area contributed by atoms with E-state index in [1.54, 1.807) is 11.0 Å². The zero-order valence-corrected chi connectivity index (χ0v) is 14.4. The molecule has 0 saturated heterocycles. The number of carbonyl (C=O) groups is 1. The predicted molar refractivity (Wildman–Crippen MR) is 93.5 cm³/mol. The molecule has 5 nitrogen and oxygen atoms in total. The summed E-state index contributed by atoms with van der Waals surface area (Å²) >= 11 is 0. The number of hydrogen-bond acceptors (Lipinski definition) is 3.